The molecule has 3 atom stereocenters. The van der Waals surface area contributed by atoms with E-state index in [-0.39, 0.29) is 11.8 Å². The van der Waals surface area contributed by atoms with E-state index in [9.17, 15) is 4.79 Å². The van der Waals surface area contributed by atoms with Gasteiger partial charge < -0.3 is 4.90 Å². The molecule has 0 radical (unpaired) electrons. The van der Waals surface area contributed by atoms with Crippen LogP contribution in [0.5, 0.6) is 0 Å². The summed E-state index contributed by atoms with van der Waals surface area (Å²) >= 11 is 0. The van der Waals surface area contributed by atoms with E-state index < -0.39 is 5.92 Å². The lowest BCUT2D eigenvalue weighted by atomic mass is 9.95. The topological polar surface area (TPSA) is 44.1 Å². The van der Waals surface area contributed by atoms with Crippen molar-refractivity contribution in [1.82, 2.24) is 4.90 Å². The lowest BCUT2D eigenvalue weighted by Gasteiger charge is -2.29. The van der Waals surface area contributed by atoms with Gasteiger partial charge in [-0.25, -0.2) is 0 Å². The molecule has 0 aromatic carbocycles. The zero-order valence-electron chi connectivity index (χ0n) is 9.44. The third-order valence-electron chi connectivity index (χ3n) is 3.76. The maximum atomic E-state index is 12.1. The number of fused-ring (bicyclic) bond motifs is 2. The monoisotopic (exact) mass is 206 g/mol. The summed E-state index contributed by atoms with van der Waals surface area (Å²) in [5, 5.41) is 9.00. The van der Waals surface area contributed by atoms with Gasteiger partial charge in [-0.2, -0.15) is 5.26 Å². The maximum absolute atomic E-state index is 12.1. The molecule has 3 unspecified atom stereocenters. The predicted octanol–water partition coefficient (Wildman–Crippen LogP) is 1.79. The van der Waals surface area contributed by atoms with Crippen LogP contribution >= 0.6 is 0 Å². The van der Waals surface area contributed by atoms with Crippen molar-refractivity contribution in [2.45, 2.75) is 39.2 Å². The second-order valence-corrected chi connectivity index (χ2v) is 5.17. The van der Waals surface area contributed by atoms with Gasteiger partial charge in [0.15, 0.2) is 0 Å². The number of nitriles is 1. The van der Waals surface area contributed by atoms with Crippen LogP contribution in [0.2, 0.25) is 0 Å². The highest BCUT2D eigenvalue weighted by atomic mass is 16.2. The van der Waals surface area contributed by atoms with Crippen LogP contribution in [0.4, 0.5) is 0 Å². The Morgan fingerprint density at radius 3 is 2.60 bits per heavy atom. The lowest BCUT2D eigenvalue weighted by molar-refractivity contribution is -0.136. The number of carbonyl (C=O) groups excluding carboxylic acids is 1. The Kier molecular flexibility index (Phi) is 2.68. The molecule has 0 spiro atoms. The van der Waals surface area contributed by atoms with Crippen molar-refractivity contribution in [1.29, 1.82) is 5.26 Å². The summed E-state index contributed by atoms with van der Waals surface area (Å²) in [4.78, 5) is 14.1. The smallest absolute Gasteiger partial charge is 0.240 e. The lowest BCUT2D eigenvalue weighted by Crippen LogP contribution is -2.42. The maximum Gasteiger partial charge on any atom is 0.240 e. The molecule has 0 aromatic heterocycles. The molecule has 2 fully saturated rings. The van der Waals surface area contributed by atoms with Crippen molar-refractivity contribution in [2.24, 2.45) is 17.8 Å². The summed E-state index contributed by atoms with van der Waals surface area (Å²) < 4.78 is 0. The van der Waals surface area contributed by atoms with Crippen LogP contribution in [0.3, 0.4) is 0 Å². The SMILES string of the molecule is CC(C)C(C#N)C(=O)N1CC2CCC1C2. The van der Waals surface area contributed by atoms with Crippen molar-refractivity contribution in [3.8, 4) is 6.07 Å². The summed E-state index contributed by atoms with van der Waals surface area (Å²) in [5.74, 6) is 0.469. The van der Waals surface area contributed by atoms with Gasteiger partial charge in [-0.15, -0.1) is 0 Å². The highest BCUT2D eigenvalue weighted by Crippen LogP contribution is 2.38. The molecule has 3 heteroatoms. The molecule has 82 valence electrons. The van der Waals surface area contributed by atoms with Gasteiger partial charge in [0.1, 0.15) is 5.92 Å². The van der Waals surface area contributed by atoms with Gasteiger partial charge in [-0.3, -0.25) is 4.79 Å². The standard InChI is InChI=1S/C12H18N2O/c1-8(2)11(6-13)12(15)14-7-9-3-4-10(14)5-9/h8-11H,3-5,7H2,1-2H3. The van der Waals surface area contributed by atoms with Crippen LogP contribution in [-0.2, 0) is 4.79 Å². The summed E-state index contributed by atoms with van der Waals surface area (Å²) in [6, 6.07) is 2.59. The Bertz CT molecular complexity index is 305. The molecule has 1 saturated heterocycles. The molecule has 15 heavy (non-hydrogen) atoms. The van der Waals surface area contributed by atoms with E-state index in [4.69, 9.17) is 5.26 Å². The molecule has 0 N–H and O–H groups in total. The first kappa shape index (κ1) is 10.5. The number of hydrogen-bond donors (Lipinski definition) is 0. The largest absolute Gasteiger partial charge is 0.338 e. The van der Waals surface area contributed by atoms with Crippen LogP contribution in [0.25, 0.3) is 0 Å². The van der Waals surface area contributed by atoms with E-state index in [2.05, 4.69) is 6.07 Å². The molecule has 0 aromatic rings. The number of rotatable bonds is 2. The molecule has 2 bridgehead atoms. The van der Waals surface area contributed by atoms with E-state index in [0.717, 1.165) is 13.0 Å². The molecule has 1 aliphatic carbocycles. The van der Waals surface area contributed by atoms with Crippen molar-refractivity contribution < 1.29 is 4.79 Å². The van der Waals surface area contributed by atoms with Gasteiger partial charge in [0.2, 0.25) is 5.91 Å². The van der Waals surface area contributed by atoms with Crippen LogP contribution in [-0.4, -0.2) is 23.4 Å². The third kappa shape index (κ3) is 1.73. The number of nitrogens with zero attached hydrogens (tertiary/aromatic N) is 2. The van der Waals surface area contributed by atoms with Gasteiger partial charge in [-0.05, 0) is 31.1 Å². The Morgan fingerprint density at radius 1 is 1.47 bits per heavy atom. The number of carbonyl (C=O) groups is 1. The highest BCUT2D eigenvalue weighted by molar-refractivity contribution is 5.82. The van der Waals surface area contributed by atoms with E-state index in [0.29, 0.717) is 12.0 Å². The molecule has 2 rings (SSSR count). The second-order valence-electron chi connectivity index (χ2n) is 5.17. The Hall–Kier alpha value is -1.04. The molecule has 2 aliphatic rings. The van der Waals surface area contributed by atoms with Crippen LogP contribution in [0.1, 0.15) is 33.1 Å². The fraction of sp³-hybridized carbons (Fsp3) is 0.833. The first-order chi connectivity index (χ1) is 7.13. The minimum Gasteiger partial charge on any atom is -0.338 e. The molecular weight excluding hydrogens is 188 g/mol. The molecule has 1 amide bonds. The molecule has 1 heterocycles. The molecular formula is C12H18N2O. The average molecular weight is 206 g/mol. The fourth-order valence-electron chi connectivity index (χ4n) is 2.86. The summed E-state index contributed by atoms with van der Waals surface area (Å²) in [7, 11) is 0. The van der Waals surface area contributed by atoms with Gasteiger partial charge in [0, 0.05) is 12.6 Å². The summed E-state index contributed by atoms with van der Waals surface area (Å²) in [6.45, 7) is 4.79. The summed E-state index contributed by atoms with van der Waals surface area (Å²) in [6.07, 6.45) is 3.59. The molecule has 1 aliphatic heterocycles. The normalized spacial score (nSPS) is 30.7. The third-order valence-corrected chi connectivity index (χ3v) is 3.76. The Morgan fingerprint density at radius 2 is 2.20 bits per heavy atom. The van der Waals surface area contributed by atoms with Crippen molar-refractivity contribution >= 4 is 5.91 Å². The summed E-state index contributed by atoms with van der Waals surface area (Å²) in [5.41, 5.74) is 0. The first-order valence-electron chi connectivity index (χ1n) is 5.83. The predicted molar refractivity (Wildman–Crippen MR) is 56.8 cm³/mol. The van der Waals surface area contributed by atoms with Crippen molar-refractivity contribution in [2.75, 3.05) is 6.54 Å². The number of amides is 1. The highest BCUT2D eigenvalue weighted by Gasteiger charge is 2.42. The van der Waals surface area contributed by atoms with Crippen molar-refractivity contribution in [3.05, 3.63) is 0 Å². The fourth-order valence-corrected chi connectivity index (χ4v) is 2.86. The quantitative estimate of drug-likeness (QED) is 0.691. The van der Waals surface area contributed by atoms with E-state index >= 15 is 0 Å². The second kappa shape index (κ2) is 3.84. The van der Waals surface area contributed by atoms with E-state index in [1.54, 1.807) is 0 Å². The number of piperidine rings is 1. The number of likely N-dealkylation sites (tertiary alicyclic amines) is 1. The minimum atomic E-state index is -0.440. The number of hydrogen-bond acceptors (Lipinski definition) is 2. The minimum absolute atomic E-state index is 0.0692. The molecule has 3 nitrogen and oxygen atoms in total. The Balaban J connectivity index is 2.05. The van der Waals surface area contributed by atoms with Crippen LogP contribution in [0.15, 0.2) is 0 Å². The Labute approximate surface area is 91.1 Å². The van der Waals surface area contributed by atoms with Gasteiger partial charge in [0.25, 0.3) is 0 Å². The van der Waals surface area contributed by atoms with Gasteiger partial charge >= 0.3 is 0 Å². The van der Waals surface area contributed by atoms with Crippen LogP contribution in [0, 0.1) is 29.1 Å². The van der Waals surface area contributed by atoms with E-state index in [1.165, 1.54) is 12.8 Å². The average Bonchev–Trinajstić information content (AvgIpc) is 2.78. The zero-order valence-corrected chi connectivity index (χ0v) is 9.44. The van der Waals surface area contributed by atoms with Crippen LogP contribution < -0.4 is 0 Å². The van der Waals surface area contributed by atoms with Gasteiger partial charge in [0.05, 0.1) is 6.07 Å². The van der Waals surface area contributed by atoms with Crippen molar-refractivity contribution in [3.63, 3.8) is 0 Å². The zero-order chi connectivity index (χ0) is 11.0. The molecule has 1 saturated carbocycles. The van der Waals surface area contributed by atoms with E-state index in [1.807, 2.05) is 18.7 Å². The first-order valence-corrected chi connectivity index (χ1v) is 5.83. The van der Waals surface area contributed by atoms with Gasteiger partial charge in [-0.1, -0.05) is 13.8 Å².